The second-order valence-corrected chi connectivity index (χ2v) is 7.02. The summed E-state index contributed by atoms with van der Waals surface area (Å²) in [4.78, 5) is 16.8. The Morgan fingerprint density at radius 2 is 1.96 bits per heavy atom. The number of nitrogens with two attached hydrogens (primary N) is 1. The van der Waals surface area contributed by atoms with E-state index in [0.29, 0.717) is 23.6 Å². The Morgan fingerprint density at radius 3 is 2.59 bits per heavy atom. The van der Waals surface area contributed by atoms with Gasteiger partial charge >= 0.3 is 0 Å². The predicted molar refractivity (Wildman–Crippen MR) is 108 cm³/mol. The first-order chi connectivity index (χ1) is 13.0. The van der Waals surface area contributed by atoms with Gasteiger partial charge in [0.05, 0.1) is 17.9 Å². The van der Waals surface area contributed by atoms with Crippen LogP contribution in [0.2, 0.25) is 0 Å². The van der Waals surface area contributed by atoms with Crippen LogP contribution in [0.1, 0.15) is 27.2 Å². The number of aryl methyl sites for hydroxylation is 2. The molecule has 0 aliphatic carbocycles. The summed E-state index contributed by atoms with van der Waals surface area (Å²) in [5.74, 6) is 0.573. The molecule has 0 unspecified atom stereocenters. The fourth-order valence-corrected chi connectivity index (χ4v) is 3.28. The van der Waals surface area contributed by atoms with Gasteiger partial charge in [-0.15, -0.1) is 11.3 Å². The Morgan fingerprint density at radius 1 is 1.22 bits per heavy atom. The molecule has 0 fully saturated rings. The summed E-state index contributed by atoms with van der Waals surface area (Å²) >= 11 is 1.54. The monoisotopic (exact) mass is 383 g/mol. The minimum atomic E-state index is -0.311. The number of benzene rings is 1. The highest BCUT2D eigenvalue weighted by molar-refractivity contribution is 7.12. The molecule has 0 radical (unpaired) electrons. The van der Waals surface area contributed by atoms with E-state index in [1.807, 2.05) is 25.3 Å². The highest BCUT2D eigenvalue weighted by Crippen LogP contribution is 2.29. The fourth-order valence-electron chi connectivity index (χ4n) is 2.51. The molecule has 3 aromatic rings. The lowest BCUT2D eigenvalue weighted by atomic mass is 10.1. The molecule has 0 atom stereocenters. The lowest BCUT2D eigenvalue weighted by Gasteiger charge is -2.11. The molecule has 0 spiro atoms. The smallest absolute Gasteiger partial charge is 0.259 e. The molecule has 7 heteroatoms. The number of nitrogens with one attached hydrogen (secondary N) is 1. The first kappa shape index (κ1) is 18.9. The van der Waals surface area contributed by atoms with E-state index < -0.39 is 0 Å². The lowest BCUT2D eigenvalue weighted by molar-refractivity contribution is 0.102. The van der Waals surface area contributed by atoms with Crippen LogP contribution in [0.3, 0.4) is 0 Å². The molecule has 1 aromatic carbocycles. The summed E-state index contributed by atoms with van der Waals surface area (Å²) < 4.78 is 10.9. The van der Waals surface area contributed by atoms with Crippen molar-refractivity contribution in [1.29, 1.82) is 0 Å². The van der Waals surface area contributed by atoms with Gasteiger partial charge < -0.3 is 20.5 Å². The van der Waals surface area contributed by atoms with Crippen molar-refractivity contribution < 1.29 is 14.3 Å². The van der Waals surface area contributed by atoms with Crippen LogP contribution in [0.5, 0.6) is 10.8 Å². The van der Waals surface area contributed by atoms with Crippen molar-refractivity contribution in [2.24, 2.45) is 0 Å². The van der Waals surface area contributed by atoms with E-state index in [9.17, 15) is 4.79 Å². The second kappa shape index (κ2) is 8.20. The predicted octanol–water partition coefficient (Wildman–Crippen LogP) is 4.53. The number of pyridine rings is 1. The molecule has 6 nitrogen and oxygen atoms in total. The Labute approximate surface area is 162 Å². The van der Waals surface area contributed by atoms with E-state index in [4.69, 9.17) is 15.2 Å². The van der Waals surface area contributed by atoms with Gasteiger partial charge in [0.2, 0.25) is 0 Å². The molecule has 27 heavy (non-hydrogen) atoms. The van der Waals surface area contributed by atoms with Gasteiger partial charge in [-0.1, -0.05) is 0 Å². The zero-order valence-electron chi connectivity index (χ0n) is 15.4. The number of thiophene rings is 1. The van der Waals surface area contributed by atoms with Gasteiger partial charge in [-0.05, 0) is 66.8 Å². The third kappa shape index (κ3) is 4.64. The maximum atomic E-state index is 12.5. The molecule has 2 aromatic heterocycles. The van der Waals surface area contributed by atoms with Crippen LogP contribution in [0, 0.1) is 13.8 Å². The number of aromatic nitrogens is 1. The van der Waals surface area contributed by atoms with Gasteiger partial charge in [0.25, 0.3) is 5.91 Å². The van der Waals surface area contributed by atoms with Crippen molar-refractivity contribution >= 4 is 28.7 Å². The maximum absolute atomic E-state index is 12.5. The van der Waals surface area contributed by atoms with Gasteiger partial charge in [0.15, 0.2) is 5.06 Å². The Kier molecular flexibility index (Phi) is 5.73. The number of hydrogen-bond acceptors (Lipinski definition) is 6. The van der Waals surface area contributed by atoms with Crippen molar-refractivity contribution in [3.05, 3.63) is 64.2 Å². The number of carbonyl (C=O) groups is 1. The number of methoxy groups -OCH3 is 1. The van der Waals surface area contributed by atoms with Crippen LogP contribution in [-0.4, -0.2) is 18.0 Å². The highest BCUT2D eigenvalue weighted by Gasteiger charge is 2.14. The number of hydrogen-bond donors (Lipinski definition) is 2. The number of anilines is 2. The summed E-state index contributed by atoms with van der Waals surface area (Å²) in [6.45, 7) is 4.24. The molecule has 0 saturated carbocycles. The van der Waals surface area contributed by atoms with Gasteiger partial charge in [0.1, 0.15) is 11.6 Å². The average Bonchev–Trinajstić information content (AvgIpc) is 3.04. The van der Waals surface area contributed by atoms with Crippen molar-refractivity contribution in [1.82, 2.24) is 4.98 Å². The number of nitrogens with zero attached hydrogens (tertiary/aromatic N) is 1. The molecule has 0 aliphatic heterocycles. The minimum absolute atomic E-state index is 0.179. The topological polar surface area (TPSA) is 86.5 Å². The zero-order chi connectivity index (χ0) is 19.4. The number of nitrogen functional groups attached to an aromatic ring is 1. The largest absolute Gasteiger partial charge is 0.447 e. The van der Waals surface area contributed by atoms with Crippen molar-refractivity contribution in [3.8, 4) is 10.8 Å². The summed E-state index contributed by atoms with van der Waals surface area (Å²) in [6, 6.07) is 10.9. The van der Waals surface area contributed by atoms with E-state index >= 15 is 0 Å². The molecule has 1 amide bonds. The first-order valence-corrected chi connectivity index (χ1v) is 9.23. The number of amides is 1. The van der Waals surface area contributed by atoms with E-state index in [2.05, 4.69) is 10.3 Å². The Hall–Kier alpha value is -2.90. The van der Waals surface area contributed by atoms with Gasteiger partial charge in [0, 0.05) is 12.8 Å². The van der Waals surface area contributed by atoms with Crippen LogP contribution in [0.25, 0.3) is 0 Å². The van der Waals surface area contributed by atoms with Crippen molar-refractivity contribution in [2.45, 2.75) is 20.5 Å². The van der Waals surface area contributed by atoms with E-state index in [1.165, 1.54) is 0 Å². The molecule has 2 heterocycles. The van der Waals surface area contributed by atoms with Crippen LogP contribution in [0.4, 0.5) is 11.5 Å². The molecule has 0 saturated heterocycles. The van der Waals surface area contributed by atoms with Crippen LogP contribution in [0.15, 0.2) is 41.8 Å². The molecule has 0 aliphatic rings. The molecule has 3 N–H and O–H groups in total. The fraction of sp³-hybridized carbons (Fsp3) is 0.200. The molecule has 140 valence electrons. The van der Waals surface area contributed by atoms with E-state index in [-0.39, 0.29) is 11.7 Å². The number of carbonyl (C=O) groups excluding carboxylic acids is 1. The summed E-state index contributed by atoms with van der Waals surface area (Å²) in [5.41, 5.74) is 9.66. The summed E-state index contributed by atoms with van der Waals surface area (Å²) in [6.07, 6.45) is 0. The van der Waals surface area contributed by atoms with E-state index in [0.717, 1.165) is 21.9 Å². The van der Waals surface area contributed by atoms with Crippen LogP contribution in [-0.2, 0) is 11.3 Å². The molecular weight excluding hydrogens is 362 g/mol. The summed E-state index contributed by atoms with van der Waals surface area (Å²) in [7, 11) is 1.59. The Bertz CT molecular complexity index is 952. The maximum Gasteiger partial charge on any atom is 0.259 e. The molecule has 0 bridgehead atoms. The third-order valence-electron chi connectivity index (χ3n) is 3.91. The average molecular weight is 383 g/mol. The van der Waals surface area contributed by atoms with Crippen molar-refractivity contribution in [2.75, 3.05) is 18.2 Å². The second-order valence-electron chi connectivity index (χ2n) is 6.14. The SMILES string of the molecule is COCc1nc(N)c(C(=O)Nc2ccc(Oc3cc(C)cs3)cc2)cc1C. The Balaban J connectivity index is 1.70. The first-order valence-electron chi connectivity index (χ1n) is 8.35. The standard InChI is InChI=1S/C20H21N3O3S/c1-12-8-18(27-11-12)26-15-6-4-14(5-7-15)22-20(24)16-9-13(2)17(10-25-3)23-19(16)21/h4-9,11H,10H2,1-3H3,(H2,21,23)(H,22,24). The zero-order valence-corrected chi connectivity index (χ0v) is 16.2. The van der Waals surface area contributed by atoms with Gasteiger partial charge in [-0.3, -0.25) is 4.79 Å². The lowest BCUT2D eigenvalue weighted by Crippen LogP contribution is -2.16. The normalized spacial score (nSPS) is 10.6. The number of ether oxygens (including phenoxy) is 2. The number of rotatable bonds is 6. The van der Waals surface area contributed by atoms with Gasteiger partial charge in [-0.2, -0.15) is 0 Å². The highest BCUT2D eigenvalue weighted by atomic mass is 32.1. The van der Waals surface area contributed by atoms with Gasteiger partial charge in [-0.25, -0.2) is 4.98 Å². The summed E-state index contributed by atoms with van der Waals surface area (Å²) in [5, 5.41) is 5.69. The van der Waals surface area contributed by atoms with Crippen LogP contribution >= 0.6 is 11.3 Å². The quantitative estimate of drug-likeness (QED) is 0.653. The van der Waals surface area contributed by atoms with E-state index in [1.54, 1.807) is 48.8 Å². The van der Waals surface area contributed by atoms with Crippen molar-refractivity contribution in [3.63, 3.8) is 0 Å². The molecular formula is C20H21N3O3S. The minimum Gasteiger partial charge on any atom is -0.447 e. The molecule has 3 rings (SSSR count). The third-order valence-corrected chi connectivity index (χ3v) is 4.83. The van der Waals surface area contributed by atoms with Crippen LogP contribution < -0.4 is 15.8 Å².